The minimum atomic E-state index is -2.91. The van der Waals surface area contributed by atoms with Crippen molar-refractivity contribution in [2.24, 2.45) is 0 Å². The predicted octanol–water partition coefficient (Wildman–Crippen LogP) is 4.79. The number of nitrogens with zero attached hydrogens (tertiary/aromatic N) is 4. The quantitative estimate of drug-likeness (QED) is 0.283. The molecule has 202 valence electrons. The van der Waals surface area contributed by atoms with Gasteiger partial charge in [0.1, 0.15) is 5.82 Å². The molecule has 0 bridgehead atoms. The van der Waals surface area contributed by atoms with Crippen molar-refractivity contribution < 1.29 is 18.3 Å². The van der Waals surface area contributed by atoms with E-state index in [1.54, 1.807) is 23.0 Å². The molecule has 0 spiro atoms. The molecule has 0 aliphatic heterocycles. The summed E-state index contributed by atoms with van der Waals surface area (Å²) in [7, 11) is 0. The van der Waals surface area contributed by atoms with Crippen LogP contribution in [-0.2, 0) is 18.0 Å². The summed E-state index contributed by atoms with van der Waals surface area (Å²) in [6.07, 6.45) is 8.44. The molecule has 9 nitrogen and oxygen atoms in total. The third kappa shape index (κ3) is 7.14. The topological polar surface area (TPSA) is 103 Å². The fraction of sp³-hybridized carbons (Fsp3) is 0.286. The maximum Gasteiger partial charge on any atom is 0.387 e. The maximum absolute atomic E-state index is 13.0. The van der Waals surface area contributed by atoms with Crippen molar-refractivity contribution in [3.05, 3.63) is 101 Å². The van der Waals surface area contributed by atoms with E-state index in [1.807, 2.05) is 48.5 Å². The summed E-state index contributed by atoms with van der Waals surface area (Å²) >= 11 is 0. The lowest BCUT2D eigenvalue weighted by Crippen LogP contribution is -2.23. The van der Waals surface area contributed by atoms with E-state index in [1.165, 1.54) is 12.4 Å². The highest BCUT2D eigenvalue weighted by molar-refractivity contribution is 5.42. The van der Waals surface area contributed by atoms with Crippen LogP contribution in [0.2, 0.25) is 0 Å². The highest BCUT2D eigenvalue weighted by Crippen LogP contribution is 2.25. The fourth-order valence-corrected chi connectivity index (χ4v) is 4.51. The molecule has 11 heteroatoms. The van der Waals surface area contributed by atoms with Crippen LogP contribution < -0.4 is 20.9 Å². The summed E-state index contributed by atoms with van der Waals surface area (Å²) in [6, 6.07) is 17.4. The first-order chi connectivity index (χ1) is 19.0. The lowest BCUT2D eigenvalue weighted by atomic mass is 10.2. The smallest absolute Gasteiger partial charge is 0.387 e. The normalized spacial score (nSPS) is 16.8. The minimum Gasteiger partial charge on any atom is -0.432 e. The molecular weight excluding hydrogens is 506 g/mol. The molecule has 2 N–H and O–H groups in total. The number of ether oxygens (including phenoxy) is 2. The number of nitrogens with one attached hydrogen (secondary N) is 2. The van der Waals surface area contributed by atoms with Gasteiger partial charge in [0.25, 0.3) is 5.56 Å². The minimum absolute atomic E-state index is 0.0820. The molecule has 3 heterocycles. The van der Waals surface area contributed by atoms with E-state index in [0.29, 0.717) is 29.6 Å². The average Bonchev–Trinajstić information content (AvgIpc) is 3.38. The van der Waals surface area contributed by atoms with Crippen molar-refractivity contribution in [2.75, 3.05) is 10.6 Å². The Morgan fingerprint density at radius 1 is 0.897 bits per heavy atom. The SMILES string of the molecule is O=c1c(COCc2ccccc2)cccn1-c1ccc(N[C@H]2CC[C@H](Nc3ncc(OC(F)F)cn3)C2)nc1. The average molecular weight is 535 g/mol. The molecule has 0 radical (unpaired) electrons. The van der Waals surface area contributed by atoms with Crippen molar-refractivity contribution in [2.45, 2.75) is 51.2 Å². The third-order valence-electron chi connectivity index (χ3n) is 6.39. The van der Waals surface area contributed by atoms with E-state index >= 15 is 0 Å². The molecule has 1 aliphatic rings. The highest BCUT2D eigenvalue weighted by atomic mass is 19.3. The van der Waals surface area contributed by atoms with E-state index < -0.39 is 6.61 Å². The lowest BCUT2D eigenvalue weighted by Gasteiger charge is -2.16. The van der Waals surface area contributed by atoms with Gasteiger partial charge in [0, 0.05) is 23.8 Å². The Balaban J connectivity index is 1.13. The first-order valence-electron chi connectivity index (χ1n) is 12.6. The van der Waals surface area contributed by atoms with E-state index in [-0.39, 0.29) is 30.0 Å². The van der Waals surface area contributed by atoms with Gasteiger partial charge in [-0.2, -0.15) is 8.78 Å². The van der Waals surface area contributed by atoms with Gasteiger partial charge in [-0.05, 0) is 49.1 Å². The second kappa shape index (κ2) is 12.4. The highest BCUT2D eigenvalue weighted by Gasteiger charge is 2.25. The third-order valence-corrected chi connectivity index (χ3v) is 6.39. The molecular formula is C28H28F2N6O3. The van der Waals surface area contributed by atoms with Gasteiger partial charge in [-0.15, -0.1) is 0 Å². The second-order valence-corrected chi connectivity index (χ2v) is 9.21. The molecule has 1 aliphatic carbocycles. The molecule has 2 atom stereocenters. The Kier molecular flexibility index (Phi) is 8.37. The van der Waals surface area contributed by atoms with Gasteiger partial charge in [0.05, 0.1) is 37.5 Å². The summed E-state index contributed by atoms with van der Waals surface area (Å²) in [6.45, 7) is -2.26. The Morgan fingerprint density at radius 2 is 1.67 bits per heavy atom. The molecule has 1 saturated carbocycles. The Hall–Kier alpha value is -4.38. The van der Waals surface area contributed by atoms with E-state index in [9.17, 15) is 13.6 Å². The van der Waals surface area contributed by atoms with E-state index in [2.05, 4.69) is 30.3 Å². The standard InChI is InChI=1S/C28H28F2N6O3/c29-27(30)39-24-15-32-28(33-16-24)35-22-9-8-21(13-22)34-25-11-10-23(14-31-25)36-12-4-7-20(26(36)37)18-38-17-19-5-2-1-3-6-19/h1-7,10-12,14-16,21-22,27H,8-9,13,17-18H2,(H,31,34)(H,32,33,35)/t21-,22-/m0/s1. The van der Waals surface area contributed by atoms with Crippen LogP contribution in [0.25, 0.3) is 5.69 Å². The van der Waals surface area contributed by atoms with Crippen LogP contribution in [0, 0.1) is 0 Å². The summed E-state index contributed by atoms with van der Waals surface area (Å²) < 4.78 is 36.1. The zero-order chi connectivity index (χ0) is 27.0. The molecule has 0 amide bonds. The number of hydrogen-bond acceptors (Lipinski definition) is 8. The van der Waals surface area contributed by atoms with Gasteiger partial charge in [-0.3, -0.25) is 9.36 Å². The number of pyridine rings is 2. The van der Waals surface area contributed by atoms with Crippen LogP contribution >= 0.6 is 0 Å². The number of benzene rings is 1. The number of anilines is 2. The van der Waals surface area contributed by atoms with Crippen LogP contribution in [-0.4, -0.2) is 38.2 Å². The largest absolute Gasteiger partial charge is 0.432 e. The maximum atomic E-state index is 13.0. The summed E-state index contributed by atoms with van der Waals surface area (Å²) in [4.78, 5) is 25.6. The van der Waals surface area contributed by atoms with Crippen LogP contribution in [0.15, 0.2) is 84.2 Å². The number of aromatic nitrogens is 4. The Bertz CT molecular complexity index is 1400. The van der Waals surface area contributed by atoms with Crippen LogP contribution in [0.1, 0.15) is 30.4 Å². The van der Waals surface area contributed by atoms with Gasteiger partial charge in [0.2, 0.25) is 5.95 Å². The van der Waals surface area contributed by atoms with Crippen LogP contribution in [0.5, 0.6) is 5.75 Å². The first-order valence-corrected chi connectivity index (χ1v) is 12.6. The fourth-order valence-electron chi connectivity index (χ4n) is 4.51. The lowest BCUT2D eigenvalue weighted by molar-refractivity contribution is -0.0503. The van der Waals surface area contributed by atoms with Crippen LogP contribution in [0.4, 0.5) is 20.5 Å². The molecule has 1 fully saturated rings. The monoisotopic (exact) mass is 534 g/mol. The molecule has 4 aromatic rings. The molecule has 5 rings (SSSR count). The first kappa shape index (κ1) is 26.2. The molecule has 3 aromatic heterocycles. The van der Waals surface area contributed by atoms with Crippen molar-refractivity contribution in [1.82, 2.24) is 19.5 Å². The number of rotatable bonds is 11. The number of hydrogen-bond donors (Lipinski definition) is 2. The predicted molar refractivity (Wildman–Crippen MR) is 142 cm³/mol. The molecule has 0 saturated heterocycles. The van der Waals surface area contributed by atoms with Gasteiger partial charge in [-0.1, -0.05) is 30.3 Å². The van der Waals surface area contributed by atoms with E-state index in [0.717, 1.165) is 24.8 Å². The zero-order valence-electron chi connectivity index (χ0n) is 21.0. The summed E-state index contributed by atoms with van der Waals surface area (Å²) in [5, 5.41) is 6.66. The number of halogens is 2. The zero-order valence-corrected chi connectivity index (χ0v) is 21.0. The second-order valence-electron chi connectivity index (χ2n) is 9.21. The van der Waals surface area contributed by atoms with Gasteiger partial charge in [-0.25, -0.2) is 15.0 Å². The van der Waals surface area contributed by atoms with Gasteiger partial charge >= 0.3 is 6.61 Å². The Morgan fingerprint density at radius 3 is 2.38 bits per heavy atom. The van der Waals surface area contributed by atoms with Crippen molar-refractivity contribution in [1.29, 1.82) is 0 Å². The molecule has 1 aromatic carbocycles. The number of alkyl halides is 2. The molecule has 0 unspecified atom stereocenters. The molecule has 39 heavy (non-hydrogen) atoms. The van der Waals surface area contributed by atoms with Crippen molar-refractivity contribution >= 4 is 11.8 Å². The Labute approximate surface area is 223 Å². The van der Waals surface area contributed by atoms with Gasteiger partial charge in [0.15, 0.2) is 5.75 Å². The van der Waals surface area contributed by atoms with Crippen LogP contribution in [0.3, 0.4) is 0 Å². The van der Waals surface area contributed by atoms with Crippen molar-refractivity contribution in [3.63, 3.8) is 0 Å². The van der Waals surface area contributed by atoms with Gasteiger partial charge < -0.3 is 20.1 Å². The summed E-state index contributed by atoms with van der Waals surface area (Å²) in [5.41, 5.74) is 2.14. The van der Waals surface area contributed by atoms with Crippen molar-refractivity contribution in [3.8, 4) is 11.4 Å². The van der Waals surface area contributed by atoms with E-state index in [4.69, 9.17) is 4.74 Å². The summed E-state index contributed by atoms with van der Waals surface area (Å²) in [5.74, 6) is 0.994.